The third-order valence-corrected chi connectivity index (χ3v) is 9.03. The van der Waals surface area contributed by atoms with Gasteiger partial charge in [-0.25, -0.2) is 13.2 Å². The summed E-state index contributed by atoms with van der Waals surface area (Å²) in [6, 6.07) is 14.8. The van der Waals surface area contributed by atoms with Crippen molar-refractivity contribution in [1.29, 1.82) is 0 Å². The molecule has 12 heteroatoms. The molecule has 1 aliphatic heterocycles. The van der Waals surface area contributed by atoms with E-state index in [2.05, 4.69) is 18.2 Å². The largest absolute Gasteiger partial charge is 0.494 e. The number of cyclic esters (lactones) is 1. The van der Waals surface area contributed by atoms with E-state index in [0.717, 1.165) is 11.1 Å². The number of amides is 1. The van der Waals surface area contributed by atoms with Gasteiger partial charge in [0.25, 0.3) is 5.69 Å². The third kappa shape index (κ3) is 6.30. The number of nitrogens with zero attached hydrogens (tertiary/aromatic N) is 1. The first-order chi connectivity index (χ1) is 18.4. The van der Waals surface area contributed by atoms with Crippen molar-refractivity contribution in [1.82, 2.24) is 0 Å². The van der Waals surface area contributed by atoms with E-state index in [1.54, 1.807) is 30.5 Å². The second kappa shape index (κ2) is 11.7. The van der Waals surface area contributed by atoms with Crippen LogP contribution in [-0.4, -0.2) is 32.1 Å². The molecule has 3 aromatic rings. The van der Waals surface area contributed by atoms with Gasteiger partial charge in [-0.1, -0.05) is 40.9 Å². The number of unbranched alkanes of at least 4 members (excludes halogenated alkanes) is 1. The molecule has 0 aliphatic carbocycles. The van der Waals surface area contributed by atoms with Crippen LogP contribution in [0.5, 0.6) is 5.75 Å². The Hall–Kier alpha value is -2.92. The van der Waals surface area contributed by atoms with Crippen molar-refractivity contribution in [3.63, 3.8) is 0 Å². The van der Waals surface area contributed by atoms with E-state index >= 15 is 0 Å². The first-order valence-electron chi connectivity index (χ1n) is 12.0. The Morgan fingerprint density at radius 3 is 2.51 bits per heavy atom. The van der Waals surface area contributed by atoms with Gasteiger partial charge in [-0.3, -0.25) is 5.32 Å². The molecule has 4 rings (SSSR count). The molecule has 1 heterocycles. The number of ether oxygens (including phenoxy) is 2. The molecule has 1 amide bonds. The summed E-state index contributed by atoms with van der Waals surface area (Å²) in [4.78, 5) is 11.6. The summed E-state index contributed by atoms with van der Waals surface area (Å²) < 4.78 is 44.8. The molecule has 3 aromatic carbocycles. The first kappa shape index (κ1) is 29.1. The predicted octanol–water partition coefficient (Wildman–Crippen LogP) is 7.28. The van der Waals surface area contributed by atoms with E-state index < -0.39 is 21.5 Å². The van der Waals surface area contributed by atoms with E-state index in [-0.39, 0.29) is 25.5 Å². The average molecular weight is 611 g/mol. The van der Waals surface area contributed by atoms with Crippen LogP contribution in [0, 0.1) is 6.92 Å². The summed E-state index contributed by atoms with van der Waals surface area (Å²) in [7, 11) is -4.04. The molecule has 1 aliphatic rings. The Morgan fingerprint density at radius 2 is 1.82 bits per heavy atom. The molecule has 0 unspecified atom stereocenters. The van der Waals surface area contributed by atoms with Crippen molar-refractivity contribution in [2.75, 3.05) is 11.9 Å². The molecule has 0 spiro atoms. The van der Waals surface area contributed by atoms with E-state index in [1.165, 1.54) is 29.0 Å². The number of halogens is 2. The van der Waals surface area contributed by atoms with Crippen LogP contribution in [0.1, 0.15) is 37.8 Å². The van der Waals surface area contributed by atoms with Crippen molar-refractivity contribution in [3.05, 3.63) is 75.8 Å². The van der Waals surface area contributed by atoms with Crippen LogP contribution in [0.3, 0.4) is 0 Å². The number of thiol groups is 1. The standard InChI is InChI=1S/C27H26Cl2N2O6S2/c1-17-6-9-19(10-7-17)39(33,34)25-23(13-11-21(28)24(25)29)31(37-38)14-4-5-15-35-18-8-12-22-20(16-18)27(2,3)36-26(32)30-22/h6-14,16H,4-5,15H2,1-3H3,(H-,30,32,38)/p+1. The fourth-order valence-electron chi connectivity index (χ4n) is 4.09. The van der Waals surface area contributed by atoms with Crippen LogP contribution < -0.4 is 10.1 Å². The lowest BCUT2D eigenvalue weighted by Gasteiger charge is -2.32. The van der Waals surface area contributed by atoms with Gasteiger partial charge in [-0.2, -0.15) is 4.28 Å². The maximum Gasteiger partial charge on any atom is 0.412 e. The first-order valence-corrected chi connectivity index (χ1v) is 14.6. The highest BCUT2D eigenvalue weighted by atomic mass is 35.5. The van der Waals surface area contributed by atoms with Gasteiger partial charge in [0.1, 0.15) is 24.3 Å². The van der Waals surface area contributed by atoms with Gasteiger partial charge in [0, 0.05) is 22.8 Å². The van der Waals surface area contributed by atoms with Crippen LogP contribution in [-0.2, 0) is 24.5 Å². The Bertz CT molecular complexity index is 1540. The lowest BCUT2D eigenvalue weighted by Crippen LogP contribution is -2.34. The summed E-state index contributed by atoms with van der Waals surface area (Å²) in [6.07, 6.45) is 2.18. The van der Waals surface area contributed by atoms with Crippen LogP contribution in [0.15, 0.2) is 64.4 Å². The number of hydrogen-bond donors (Lipinski definition) is 2. The zero-order valence-electron chi connectivity index (χ0n) is 21.4. The number of benzene rings is 3. The molecule has 0 saturated heterocycles. The van der Waals surface area contributed by atoms with Crippen molar-refractivity contribution in [2.24, 2.45) is 0 Å². The zero-order chi connectivity index (χ0) is 28.4. The molecule has 8 nitrogen and oxygen atoms in total. The Kier molecular flexibility index (Phi) is 8.70. The topological polar surface area (TPSA) is 93.9 Å². The number of fused-ring (bicyclic) bond motifs is 1. The fraction of sp³-hybridized carbons (Fsp3) is 0.259. The van der Waals surface area contributed by atoms with Gasteiger partial charge in [0.05, 0.1) is 27.2 Å². The van der Waals surface area contributed by atoms with Crippen LogP contribution in [0.25, 0.3) is 0 Å². The van der Waals surface area contributed by atoms with Gasteiger partial charge in [-0.15, -0.1) is 0 Å². The average Bonchev–Trinajstić information content (AvgIpc) is 2.88. The molecule has 0 bridgehead atoms. The highest BCUT2D eigenvalue weighted by Crippen LogP contribution is 2.40. The number of nitrogens with one attached hydrogen (secondary N) is 1. The maximum atomic E-state index is 13.5. The molecule has 0 fully saturated rings. The normalized spacial score (nSPS) is 14.7. The second-order valence-electron chi connectivity index (χ2n) is 9.34. The molecular weight excluding hydrogens is 583 g/mol. The molecule has 1 N–H and O–H groups in total. The Balaban J connectivity index is 1.50. The monoisotopic (exact) mass is 609 g/mol. The minimum atomic E-state index is -4.04. The smallest absolute Gasteiger partial charge is 0.412 e. The Morgan fingerprint density at radius 1 is 1.10 bits per heavy atom. The number of rotatable bonds is 9. The number of carbonyl (C=O) groups excluding carboxylic acids is 1. The Labute approximate surface area is 243 Å². The number of carbonyl (C=O) groups is 1. The van der Waals surface area contributed by atoms with Crippen molar-refractivity contribution < 1.29 is 31.7 Å². The minimum absolute atomic E-state index is 0.0734. The minimum Gasteiger partial charge on any atom is -0.494 e. The van der Waals surface area contributed by atoms with Crippen molar-refractivity contribution >= 4 is 69.6 Å². The number of sulfone groups is 1. The fourth-order valence-corrected chi connectivity index (χ4v) is 6.43. The summed E-state index contributed by atoms with van der Waals surface area (Å²) >= 11 is 16.5. The molecule has 0 aromatic heterocycles. The third-order valence-electron chi connectivity index (χ3n) is 6.09. The summed E-state index contributed by atoms with van der Waals surface area (Å²) in [5, 5.41) is 2.66. The summed E-state index contributed by atoms with van der Waals surface area (Å²) in [6.45, 7) is 5.85. The van der Waals surface area contributed by atoms with E-state index in [0.29, 0.717) is 30.9 Å². The molecule has 0 radical (unpaired) electrons. The predicted molar refractivity (Wildman–Crippen MR) is 153 cm³/mol. The van der Waals surface area contributed by atoms with E-state index in [4.69, 9.17) is 37.0 Å². The number of aryl methyl sites for hydroxylation is 1. The number of anilines is 1. The highest BCUT2D eigenvalue weighted by Gasteiger charge is 2.34. The lowest BCUT2D eigenvalue weighted by atomic mass is 9.94. The van der Waals surface area contributed by atoms with Crippen LogP contribution >= 0.6 is 36.1 Å². The lowest BCUT2D eigenvalue weighted by molar-refractivity contribution is -0.674. The molecular formula is C27H27Cl2N2O6S2+. The maximum absolute atomic E-state index is 13.5. The van der Waals surface area contributed by atoms with Crippen molar-refractivity contribution in [3.8, 4) is 5.75 Å². The highest BCUT2D eigenvalue weighted by molar-refractivity contribution is 7.91. The van der Waals surface area contributed by atoms with Gasteiger partial charge >= 0.3 is 6.09 Å². The van der Waals surface area contributed by atoms with E-state index in [9.17, 15) is 13.2 Å². The van der Waals surface area contributed by atoms with Gasteiger partial charge in [-0.05, 0) is 63.6 Å². The summed E-state index contributed by atoms with van der Waals surface area (Å²) in [5.41, 5.74) is 1.78. The zero-order valence-corrected chi connectivity index (χ0v) is 24.6. The van der Waals surface area contributed by atoms with Crippen molar-refractivity contribution in [2.45, 2.75) is 49.0 Å². The van der Waals surface area contributed by atoms with Gasteiger partial charge in [0.2, 0.25) is 16.1 Å². The number of hydrogen-bond acceptors (Lipinski definition) is 7. The van der Waals surface area contributed by atoms with E-state index in [1.807, 2.05) is 26.8 Å². The van der Waals surface area contributed by atoms with Gasteiger partial charge in [0.15, 0.2) is 4.90 Å². The SMILES string of the molecule is Cc1ccc(S(=O)(=O)c2c([N+](=CCCCOc3ccc4c(c3)C(C)(C)OC(=O)N4)OS)ccc(Cl)c2Cl)cc1. The quantitative estimate of drug-likeness (QED) is 0.0661. The summed E-state index contributed by atoms with van der Waals surface area (Å²) in [5.74, 6) is 0.625. The molecule has 206 valence electrons. The molecule has 0 saturated carbocycles. The molecule has 39 heavy (non-hydrogen) atoms. The molecule has 0 atom stereocenters. The van der Waals surface area contributed by atoms with Gasteiger partial charge < -0.3 is 9.47 Å². The van der Waals surface area contributed by atoms with Crippen LogP contribution in [0.2, 0.25) is 10.0 Å². The van der Waals surface area contributed by atoms with Crippen LogP contribution in [0.4, 0.5) is 16.2 Å². The second-order valence-corrected chi connectivity index (χ2v) is 12.2.